The second-order valence-corrected chi connectivity index (χ2v) is 4.66. The number of anilines is 1. The standard InChI is InChI=1S/C16H17FN2O2/c1-11-5-6-15(12(7-11)9-18)21-10-16(20)19-14-4-2-3-13(17)8-14/h2-8H,9-10,18H2,1H3,(H,19,20). The van der Waals surface area contributed by atoms with Crippen molar-refractivity contribution in [1.29, 1.82) is 0 Å². The Bertz CT molecular complexity index is 644. The van der Waals surface area contributed by atoms with Gasteiger partial charge in [0, 0.05) is 17.8 Å². The van der Waals surface area contributed by atoms with Gasteiger partial charge >= 0.3 is 0 Å². The highest BCUT2D eigenvalue weighted by molar-refractivity contribution is 5.91. The Balaban J connectivity index is 1.95. The highest BCUT2D eigenvalue weighted by Crippen LogP contribution is 2.19. The maximum atomic E-state index is 13.0. The molecule has 0 unspecified atom stereocenters. The second-order valence-electron chi connectivity index (χ2n) is 4.66. The lowest BCUT2D eigenvalue weighted by Crippen LogP contribution is -2.20. The van der Waals surface area contributed by atoms with Gasteiger partial charge in [-0.3, -0.25) is 4.79 Å². The molecule has 0 heterocycles. The highest BCUT2D eigenvalue weighted by Gasteiger charge is 2.07. The Labute approximate surface area is 122 Å². The normalized spacial score (nSPS) is 10.2. The topological polar surface area (TPSA) is 64.3 Å². The van der Waals surface area contributed by atoms with Crippen LogP contribution in [0, 0.1) is 12.7 Å². The molecule has 4 nitrogen and oxygen atoms in total. The number of halogens is 1. The molecule has 0 aliphatic carbocycles. The molecule has 0 aliphatic heterocycles. The maximum absolute atomic E-state index is 13.0. The number of hydrogen-bond donors (Lipinski definition) is 2. The van der Waals surface area contributed by atoms with Gasteiger partial charge in [-0.2, -0.15) is 0 Å². The summed E-state index contributed by atoms with van der Waals surface area (Å²) in [5.41, 5.74) is 7.96. The lowest BCUT2D eigenvalue weighted by atomic mass is 10.1. The lowest BCUT2D eigenvalue weighted by molar-refractivity contribution is -0.118. The van der Waals surface area contributed by atoms with Crippen molar-refractivity contribution in [2.24, 2.45) is 5.73 Å². The number of carbonyl (C=O) groups is 1. The van der Waals surface area contributed by atoms with Crippen LogP contribution >= 0.6 is 0 Å². The molecule has 0 spiro atoms. The van der Waals surface area contributed by atoms with Gasteiger partial charge in [0.2, 0.25) is 0 Å². The first-order valence-electron chi connectivity index (χ1n) is 6.56. The summed E-state index contributed by atoms with van der Waals surface area (Å²) >= 11 is 0. The van der Waals surface area contributed by atoms with E-state index in [1.807, 2.05) is 19.1 Å². The molecule has 0 saturated heterocycles. The zero-order valence-corrected chi connectivity index (χ0v) is 11.7. The first-order chi connectivity index (χ1) is 10.1. The molecular formula is C16H17FN2O2. The number of rotatable bonds is 5. The summed E-state index contributed by atoms with van der Waals surface area (Å²) in [6.45, 7) is 2.13. The summed E-state index contributed by atoms with van der Waals surface area (Å²) in [6, 6.07) is 11.3. The van der Waals surface area contributed by atoms with Crippen LogP contribution in [0.3, 0.4) is 0 Å². The van der Waals surface area contributed by atoms with E-state index in [4.69, 9.17) is 10.5 Å². The number of amides is 1. The number of aryl methyl sites for hydroxylation is 1. The molecule has 21 heavy (non-hydrogen) atoms. The Hall–Kier alpha value is -2.40. The molecule has 0 aromatic heterocycles. The third-order valence-electron chi connectivity index (χ3n) is 2.90. The van der Waals surface area contributed by atoms with E-state index in [-0.39, 0.29) is 12.5 Å². The minimum absolute atomic E-state index is 0.160. The van der Waals surface area contributed by atoms with Crippen LogP contribution in [0.5, 0.6) is 5.75 Å². The molecular weight excluding hydrogens is 271 g/mol. The highest BCUT2D eigenvalue weighted by atomic mass is 19.1. The zero-order chi connectivity index (χ0) is 15.2. The first-order valence-corrected chi connectivity index (χ1v) is 6.56. The van der Waals surface area contributed by atoms with Gasteiger partial charge in [0.05, 0.1) is 0 Å². The molecule has 2 rings (SSSR count). The monoisotopic (exact) mass is 288 g/mol. The molecule has 0 bridgehead atoms. The van der Waals surface area contributed by atoms with Crippen LogP contribution in [-0.4, -0.2) is 12.5 Å². The third kappa shape index (κ3) is 4.29. The van der Waals surface area contributed by atoms with Crippen LogP contribution in [0.4, 0.5) is 10.1 Å². The van der Waals surface area contributed by atoms with Gasteiger partial charge in [-0.05, 0) is 31.2 Å². The van der Waals surface area contributed by atoms with Gasteiger partial charge in [0.15, 0.2) is 6.61 Å². The molecule has 0 saturated carbocycles. The number of ether oxygens (including phenoxy) is 1. The predicted octanol–water partition coefficient (Wildman–Crippen LogP) is 2.61. The average Bonchev–Trinajstić information content (AvgIpc) is 2.45. The summed E-state index contributed by atoms with van der Waals surface area (Å²) in [5.74, 6) is -0.181. The van der Waals surface area contributed by atoms with Crippen LogP contribution in [-0.2, 0) is 11.3 Å². The minimum Gasteiger partial charge on any atom is -0.483 e. The number of nitrogens with two attached hydrogens (primary N) is 1. The van der Waals surface area contributed by atoms with Crippen molar-refractivity contribution in [3.8, 4) is 5.75 Å². The number of benzene rings is 2. The molecule has 1 amide bonds. The SMILES string of the molecule is Cc1ccc(OCC(=O)Nc2cccc(F)c2)c(CN)c1. The fourth-order valence-electron chi connectivity index (χ4n) is 1.92. The third-order valence-corrected chi connectivity index (χ3v) is 2.90. The Morgan fingerprint density at radius 2 is 2.10 bits per heavy atom. The zero-order valence-electron chi connectivity index (χ0n) is 11.7. The number of carbonyl (C=O) groups excluding carboxylic acids is 1. The van der Waals surface area contributed by atoms with Gasteiger partial charge in [-0.25, -0.2) is 4.39 Å². The molecule has 0 atom stereocenters. The fraction of sp³-hybridized carbons (Fsp3) is 0.188. The number of hydrogen-bond acceptors (Lipinski definition) is 3. The van der Waals surface area contributed by atoms with E-state index in [2.05, 4.69) is 5.32 Å². The minimum atomic E-state index is -0.405. The van der Waals surface area contributed by atoms with Crippen molar-refractivity contribution in [2.45, 2.75) is 13.5 Å². The summed E-state index contributed by atoms with van der Waals surface area (Å²) in [6.07, 6.45) is 0. The molecule has 0 radical (unpaired) electrons. The summed E-state index contributed by atoms with van der Waals surface area (Å²) in [7, 11) is 0. The van der Waals surface area contributed by atoms with E-state index < -0.39 is 5.82 Å². The largest absolute Gasteiger partial charge is 0.483 e. The van der Waals surface area contributed by atoms with E-state index in [1.165, 1.54) is 18.2 Å². The van der Waals surface area contributed by atoms with Gasteiger partial charge in [0.1, 0.15) is 11.6 Å². The Morgan fingerprint density at radius 3 is 2.81 bits per heavy atom. The van der Waals surface area contributed by atoms with E-state index in [0.717, 1.165) is 11.1 Å². The van der Waals surface area contributed by atoms with Crippen molar-refractivity contribution < 1.29 is 13.9 Å². The van der Waals surface area contributed by atoms with Gasteiger partial charge in [0.25, 0.3) is 5.91 Å². The summed E-state index contributed by atoms with van der Waals surface area (Å²) in [5, 5.41) is 2.57. The summed E-state index contributed by atoms with van der Waals surface area (Å²) in [4.78, 5) is 11.8. The first kappa shape index (κ1) is 15.0. The molecule has 2 aromatic carbocycles. The molecule has 0 aliphatic rings. The molecule has 5 heteroatoms. The van der Waals surface area contributed by atoms with Crippen LogP contribution < -0.4 is 15.8 Å². The van der Waals surface area contributed by atoms with Crippen molar-refractivity contribution in [2.75, 3.05) is 11.9 Å². The molecule has 110 valence electrons. The van der Waals surface area contributed by atoms with Crippen molar-refractivity contribution in [1.82, 2.24) is 0 Å². The number of nitrogens with one attached hydrogen (secondary N) is 1. The van der Waals surface area contributed by atoms with Gasteiger partial charge in [-0.15, -0.1) is 0 Å². The molecule has 2 aromatic rings. The quantitative estimate of drug-likeness (QED) is 0.889. The molecule has 3 N–H and O–H groups in total. The second kappa shape index (κ2) is 6.85. The lowest BCUT2D eigenvalue weighted by Gasteiger charge is -2.11. The van der Waals surface area contributed by atoms with Crippen LogP contribution in [0.2, 0.25) is 0 Å². The Kier molecular flexibility index (Phi) is 4.90. The van der Waals surface area contributed by atoms with Crippen LogP contribution in [0.25, 0.3) is 0 Å². The van der Waals surface area contributed by atoms with Crippen LogP contribution in [0.1, 0.15) is 11.1 Å². The van der Waals surface area contributed by atoms with Crippen molar-refractivity contribution in [3.05, 3.63) is 59.4 Å². The smallest absolute Gasteiger partial charge is 0.262 e. The summed E-state index contributed by atoms with van der Waals surface area (Å²) < 4.78 is 18.5. The van der Waals surface area contributed by atoms with E-state index in [1.54, 1.807) is 12.1 Å². The Morgan fingerprint density at radius 1 is 1.29 bits per heavy atom. The predicted molar refractivity (Wildman–Crippen MR) is 79.6 cm³/mol. The maximum Gasteiger partial charge on any atom is 0.262 e. The van der Waals surface area contributed by atoms with Gasteiger partial charge in [-0.1, -0.05) is 23.8 Å². The van der Waals surface area contributed by atoms with Crippen molar-refractivity contribution >= 4 is 11.6 Å². The van der Waals surface area contributed by atoms with Crippen LogP contribution in [0.15, 0.2) is 42.5 Å². The van der Waals surface area contributed by atoms with E-state index >= 15 is 0 Å². The van der Waals surface area contributed by atoms with Crippen molar-refractivity contribution in [3.63, 3.8) is 0 Å². The van der Waals surface area contributed by atoms with E-state index in [9.17, 15) is 9.18 Å². The fourth-order valence-corrected chi connectivity index (χ4v) is 1.92. The van der Waals surface area contributed by atoms with Gasteiger partial charge < -0.3 is 15.8 Å². The molecule has 0 fully saturated rings. The van der Waals surface area contributed by atoms with E-state index in [0.29, 0.717) is 18.0 Å². The average molecular weight is 288 g/mol.